The van der Waals surface area contributed by atoms with Crippen molar-refractivity contribution in [3.63, 3.8) is 0 Å². The number of likely N-dealkylation sites (tertiary alicyclic amines) is 1. The summed E-state index contributed by atoms with van der Waals surface area (Å²) in [6, 6.07) is 4.22. The van der Waals surface area contributed by atoms with Crippen molar-refractivity contribution >= 4 is 56.4 Å². The van der Waals surface area contributed by atoms with Crippen LogP contribution in [0.4, 0.5) is 10.8 Å². The number of benzene rings is 1. The topological polar surface area (TPSA) is 36.4 Å². The van der Waals surface area contributed by atoms with Gasteiger partial charge in [-0.3, -0.25) is 9.69 Å². The van der Waals surface area contributed by atoms with E-state index >= 15 is 0 Å². The van der Waals surface area contributed by atoms with Crippen LogP contribution in [0.5, 0.6) is 0 Å². The summed E-state index contributed by atoms with van der Waals surface area (Å²) in [6.45, 7) is 9.89. The SMILES string of the molecule is CC(=O)N(c1nc(CSC(=S)N2CCCC2)cs1)c1c(C)cc(C)cc1C. The van der Waals surface area contributed by atoms with Gasteiger partial charge in [0.25, 0.3) is 0 Å². The van der Waals surface area contributed by atoms with Gasteiger partial charge < -0.3 is 4.90 Å². The monoisotopic (exact) mass is 419 g/mol. The Balaban J connectivity index is 1.78. The fourth-order valence-corrected chi connectivity index (χ4v) is 5.63. The van der Waals surface area contributed by atoms with Crippen LogP contribution in [-0.4, -0.2) is 33.2 Å². The molecule has 1 amide bonds. The van der Waals surface area contributed by atoms with Gasteiger partial charge >= 0.3 is 0 Å². The van der Waals surface area contributed by atoms with Gasteiger partial charge in [-0.2, -0.15) is 0 Å². The summed E-state index contributed by atoms with van der Waals surface area (Å²) in [6.07, 6.45) is 2.45. The number of thiazole rings is 1. The molecule has 0 N–H and O–H groups in total. The van der Waals surface area contributed by atoms with Gasteiger partial charge in [-0.05, 0) is 44.7 Å². The van der Waals surface area contributed by atoms with Crippen LogP contribution in [0.25, 0.3) is 0 Å². The van der Waals surface area contributed by atoms with Crippen molar-refractivity contribution in [3.8, 4) is 0 Å². The number of anilines is 2. The molecule has 0 spiro atoms. The van der Waals surface area contributed by atoms with Gasteiger partial charge in [0.05, 0.1) is 11.4 Å². The highest BCUT2D eigenvalue weighted by Gasteiger charge is 2.22. The van der Waals surface area contributed by atoms with Crippen LogP contribution in [0.1, 0.15) is 42.1 Å². The minimum absolute atomic E-state index is 0.0220. The number of hydrogen-bond donors (Lipinski definition) is 0. The molecule has 0 aliphatic carbocycles. The second-order valence-electron chi connectivity index (χ2n) is 6.97. The largest absolute Gasteiger partial charge is 0.358 e. The van der Waals surface area contributed by atoms with E-state index in [4.69, 9.17) is 17.2 Å². The van der Waals surface area contributed by atoms with E-state index in [1.165, 1.54) is 29.7 Å². The van der Waals surface area contributed by atoms with Gasteiger partial charge in [-0.25, -0.2) is 4.98 Å². The lowest BCUT2D eigenvalue weighted by molar-refractivity contribution is -0.115. The summed E-state index contributed by atoms with van der Waals surface area (Å²) in [4.78, 5) is 21.2. The van der Waals surface area contributed by atoms with Crippen LogP contribution >= 0.6 is 35.3 Å². The molecule has 0 bridgehead atoms. The Kier molecular flexibility index (Phi) is 6.55. The summed E-state index contributed by atoms with van der Waals surface area (Å²) in [5, 5.41) is 2.75. The van der Waals surface area contributed by atoms with Crippen molar-refractivity contribution in [2.45, 2.75) is 46.3 Å². The van der Waals surface area contributed by atoms with E-state index in [1.54, 1.807) is 23.6 Å². The van der Waals surface area contributed by atoms with Crippen molar-refractivity contribution < 1.29 is 4.79 Å². The first-order valence-corrected chi connectivity index (χ1v) is 11.4. The summed E-state index contributed by atoms with van der Waals surface area (Å²) >= 11 is 8.71. The Hall–Kier alpha value is -1.44. The molecule has 3 rings (SSSR count). The van der Waals surface area contributed by atoms with E-state index in [-0.39, 0.29) is 5.91 Å². The van der Waals surface area contributed by atoms with Crippen molar-refractivity contribution in [1.29, 1.82) is 0 Å². The Morgan fingerprint density at radius 2 is 1.89 bits per heavy atom. The van der Waals surface area contributed by atoms with Gasteiger partial charge in [0.2, 0.25) is 5.91 Å². The first-order valence-electron chi connectivity index (χ1n) is 9.11. The van der Waals surface area contributed by atoms with E-state index in [9.17, 15) is 4.79 Å². The van der Waals surface area contributed by atoms with Gasteiger partial charge in [-0.1, -0.05) is 41.7 Å². The maximum absolute atomic E-state index is 12.4. The molecule has 2 aromatic rings. The molecule has 1 aromatic carbocycles. The molecular formula is C20H25N3OS3. The number of thioether (sulfide) groups is 1. The molecular weight excluding hydrogens is 394 g/mol. The van der Waals surface area contributed by atoms with E-state index in [0.29, 0.717) is 0 Å². The number of hydrogen-bond acceptors (Lipinski definition) is 5. The molecule has 1 aromatic heterocycles. The lowest BCUT2D eigenvalue weighted by Gasteiger charge is -2.23. The standard InChI is InChI=1S/C20H25N3OS3/c1-13-9-14(2)18(15(3)10-13)23(16(4)24)19-21-17(11-26-19)12-27-20(25)22-7-5-6-8-22/h9-11H,5-8,12H2,1-4H3. The summed E-state index contributed by atoms with van der Waals surface area (Å²) < 4.78 is 0.954. The van der Waals surface area contributed by atoms with E-state index in [1.807, 2.05) is 19.2 Å². The summed E-state index contributed by atoms with van der Waals surface area (Å²) in [5.74, 6) is 0.717. The van der Waals surface area contributed by atoms with Gasteiger partial charge in [0.15, 0.2) is 5.13 Å². The number of carbonyl (C=O) groups is 1. The first-order chi connectivity index (χ1) is 12.9. The van der Waals surface area contributed by atoms with Gasteiger partial charge in [0, 0.05) is 31.1 Å². The molecule has 0 radical (unpaired) electrons. The second-order valence-corrected chi connectivity index (χ2v) is 9.42. The van der Waals surface area contributed by atoms with Crippen molar-refractivity contribution in [2.75, 3.05) is 18.0 Å². The average Bonchev–Trinajstić information content (AvgIpc) is 3.27. The highest BCUT2D eigenvalue weighted by atomic mass is 32.2. The molecule has 1 aliphatic rings. The van der Waals surface area contributed by atoms with Crippen LogP contribution in [0.2, 0.25) is 0 Å². The van der Waals surface area contributed by atoms with Crippen molar-refractivity contribution in [1.82, 2.24) is 9.88 Å². The second kappa shape index (κ2) is 8.71. The molecule has 1 saturated heterocycles. The smallest absolute Gasteiger partial charge is 0.230 e. The van der Waals surface area contributed by atoms with Gasteiger partial charge in [-0.15, -0.1) is 11.3 Å². The number of rotatable bonds is 4. The predicted molar refractivity (Wildman–Crippen MR) is 120 cm³/mol. The lowest BCUT2D eigenvalue weighted by atomic mass is 10.0. The normalized spacial score (nSPS) is 13.9. The minimum atomic E-state index is -0.0220. The molecule has 27 heavy (non-hydrogen) atoms. The predicted octanol–water partition coefficient (Wildman–Crippen LogP) is 5.37. The zero-order chi connectivity index (χ0) is 19.6. The quantitative estimate of drug-likeness (QED) is 0.623. The van der Waals surface area contributed by atoms with Crippen LogP contribution < -0.4 is 4.90 Å². The highest BCUT2D eigenvalue weighted by molar-refractivity contribution is 8.22. The number of nitrogens with zero attached hydrogens (tertiary/aromatic N) is 3. The van der Waals surface area contributed by atoms with Crippen molar-refractivity contribution in [3.05, 3.63) is 39.9 Å². The minimum Gasteiger partial charge on any atom is -0.358 e. The van der Waals surface area contributed by atoms with Crippen molar-refractivity contribution in [2.24, 2.45) is 0 Å². The zero-order valence-corrected chi connectivity index (χ0v) is 18.7. The Morgan fingerprint density at radius 3 is 2.48 bits per heavy atom. The Bertz CT molecular complexity index is 833. The number of carbonyl (C=O) groups excluding carboxylic acids is 1. The maximum Gasteiger partial charge on any atom is 0.230 e. The van der Waals surface area contributed by atoms with Gasteiger partial charge in [0.1, 0.15) is 4.32 Å². The third-order valence-corrected chi connectivity index (χ3v) is 7.04. The van der Waals surface area contributed by atoms with E-state index in [2.05, 4.69) is 24.0 Å². The fourth-order valence-electron chi connectivity index (χ4n) is 3.50. The summed E-state index contributed by atoms with van der Waals surface area (Å²) in [7, 11) is 0. The number of aryl methyl sites for hydroxylation is 3. The molecule has 0 atom stereocenters. The number of aromatic nitrogens is 1. The Morgan fingerprint density at radius 1 is 1.26 bits per heavy atom. The molecule has 1 aliphatic heterocycles. The molecule has 0 unspecified atom stereocenters. The van der Waals surface area contributed by atoms with Crippen LogP contribution in [0, 0.1) is 20.8 Å². The number of thiocarbonyl (C=S) groups is 1. The van der Waals surface area contributed by atoms with E-state index in [0.717, 1.165) is 50.8 Å². The zero-order valence-electron chi connectivity index (χ0n) is 16.2. The lowest BCUT2D eigenvalue weighted by Crippen LogP contribution is -2.24. The third kappa shape index (κ3) is 4.70. The summed E-state index contributed by atoms with van der Waals surface area (Å²) in [5.41, 5.74) is 5.28. The van der Waals surface area contributed by atoms with Crippen LogP contribution in [-0.2, 0) is 10.5 Å². The molecule has 1 fully saturated rings. The van der Waals surface area contributed by atoms with Crippen LogP contribution in [0.3, 0.4) is 0 Å². The fraction of sp³-hybridized carbons (Fsp3) is 0.450. The first kappa shape index (κ1) is 20.3. The maximum atomic E-state index is 12.4. The third-order valence-electron chi connectivity index (χ3n) is 4.61. The Labute approximate surface area is 175 Å². The highest BCUT2D eigenvalue weighted by Crippen LogP contribution is 2.35. The van der Waals surface area contributed by atoms with Crippen LogP contribution in [0.15, 0.2) is 17.5 Å². The molecule has 7 heteroatoms. The number of amides is 1. The average molecular weight is 420 g/mol. The van der Waals surface area contributed by atoms with E-state index < -0.39 is 0 Å². The molecule has 4 nitrogen and oxygen atoms in total. The molecule has 144 valence electrons. The molecule has 0 saturated carbocycles. The molecule has 2 heterocycles.